The molecule has 0 aliphatic carbocycles. The average Bonchev–Trinajstić information content (AvgIpc) is 2.80. The lowest BCUT2D eigenvalue weighted by Crippen LogP contribution is -2.30. The van der Waals surface area contributed by atoms with Gasteiger partial charge in [0.05, 0.1) is 10.8 Å². The highest BCUT2D eigenvalue weighted by atomic mass is 19.1. The summed E-state index contributed by atoms with van der Waals surface area (Å²) in [5, 5.41) is 19.7. The zero-order chi connectivity index (χ0) is 15.7. The van der Waals surface area contributed by atoms with Gasteiger partial charge in [-0.3, -0.25) is 19.7 Å². The first-order valence-electron chi connectivity index (χ1n) is 6.27. The van der Waals surface area contributed by atoms with Crippen LogP contribution in [0.1, 0.15) is 17.3 Å². The van der Waals surface area contributed by atoms with E-state index >= 15 is 0 Å². The molecule has 0 aromatic heterocycles. The summed E-state index contributed by atoms with van der Waals surface area (Å²) < 4.78 is 13.2. The number of nitro benzene ring substituents is 1. The SMILES string of the molecule is CC1CN(C(=O)c2ccc(F)c([N+](=O)[O-])c2)CC1C(=O)O. The van der Waals surface area contributed by atoms with Crippen LogP contribution in [-0.4, -0.2) is 39.9 Å². The van der Waals surface area contributed by atoms with Crippen molar-refractivity contribution in [1.82, 2.24) is 4.90 Å². The number of carbonyl (C=O) groups excluding carboxylic acids is 1. The summed E-state index contributed by atoms with van der Waals surface area (Å²) in [6.45, 7) is 2.01. The maximum Gasteiger partial charge on any atom is 0.308 e. The fourth-order valence-electron chi connectivity index (χ4n) is 2.42. The Kier molecular flexibility index (Phi) is 3.88. The number of carboxylic acids is 1. The number of hydrogen-bond acceptors (Lipinski definition) is 4. The van der Waals surface area contributed by atoms with Gasteiger partial charge in [-0.15, -0.1) is 0 Å². The molecular formula is C13H13FN2O5. The van der Waals surface area contributed by atoms with E-state index < -0.39 is 34.2 Å². The Balaban J connectivity index is 2.24. The minimum atomic E-state index is -1.02. The van der Waals surface area contributed by atoms with Crippen LogP contribution < -0.4 is 0 Å². The van der Waals surface area contributed by atoms with Gasteiger partial charge >= 0.3 is 11.7 Å². The minimum absolute atomic E-state index is 0.0265. The molecule has 112 valence electrons. The van der Waals surface area contributed by atoms with Crippen molar-refractivity contribution in [3.63, 3.8) is 0 Å². The summed E-state index contributed by atoms with van der Waals surface area (Å²) in [6, 6.07) is 2.89. The molecule has 0 saturated carbocycles. The van der Waals surface area contributed by atoms with E-state index in [9.17, 15) is 24.1 Å². The number of nitro groups is 1. The number of aliphatic carboxylic acids is 1. The number of benzene rings is 1. The predicted molar refractivity (Wildman–Crippen MR) is 69.2 cm³/mol. The summed E-state index contributed by atoms with van der Waals surface area (Å²) in [5.41, 5.74) is -0.802. The molecule has 0 bridgehead atoms. The Morgan fingerprint density at radius 1 is 1.43 bits per heavy atom. The van der Waals surface area contributed by atoms with Crippen LogP contribution in [0.15, 0.2) is 18.2 Å². The zero-order valence-corrected chi connectivity index (χ0v) is 11.2. The quantitative estimate of drug-likeness (QED) is 0.673. The molecule has 1 heterocycles. The minimum Gasteiger partial charge on any atom is -0.481 e. The number of hydrogen-bond donors (Lipinski definition) is 1. The first-order chi connectivity index (χ1) is 9.81. The summed E-state index contributed by atoms with van der Waals surface area (Å²) in [5.74, 6) is -3.40. The number of carbonyl (C=O) groups is 2. The van der Waals surface area contributed by atoms with Crippen LogP contribution in [0.2, 0.25) is 0 Å². The van der Waals surface area contributed by atoms with E-state index in [1.807, 2.05) is 0 Å². The molecule has 0 spiro atoms. The summed E-state index contributed by atoms with van der Waals surface area (Å²) in [6.07, 6.45) is 0. The maximum absolute atomic E-state index is 13.2. The lowest BCUT2D eigenvalue weighted by molar-refractivity contribution is -0.387. The van der Waals surface area contributed by atoms with E-state index in [0.29, 0.717) is 0 Å². The smallest absolute Gasteiger partial charge is 0.308 e. The highest BCUT2D eigenvalue weighted by Crippen LogP contribution is 2.26. The van der Waals surface area contributed by atoms with Gasteiger partial charge in [0, 0.05) is 24.7 Å². The molecule has 1 aromatic rings. The highest BCUT2D eigenvalue weighted by molar-refractivity contribution is 5.95. The number of carboxylic acid groups (broad SMARTS) is 1. The maximum atomic E-state index is 13.2. The van der Waals surface area contributed by atoms with Crippen LogP contribution >= 0.6 is 0 Å². The van der Waals surface area contributed by atoms with Crippen molar-refractivity contribution in [2.45, 2.75) is 6.92 Å². The van der Waals surface area contributed by atoms with Crippen molar-refractivity contribution in [1.29, 1.82) is 0 Å². The largest absolute Gasteiger partial charge is 0.481 e. The molecule has 1 saturated heterocycles. The van der Waals surface area contributed by atoms with Crippen molar-refractivity contribution < 1.29 is 24.0 Å². The second-order valence-electron chi connectivity index (χ2n) is 5.06. The Labute approximate surface area is 119 Å². The van der Waals surface area contributed by atoms with Gasteiger partial charge < -0.3 is 10.0 Å². The average molecular weight is 296 g/mol. The van der Waals surface area contributed by atoms with Crippen LogP contribution in [0.4, 0.5) is 10.1 Å². The van der Waals surface area contributed by atoms with E-state index in [4.69, 9.17) is 5.11 Å². The molecule has 1 amide bonds. The van der Waals surface area contributed by atoms with Crippen LogP contribution in [-0.2, 0) is 4.79 Å². The van der Waals surface area contributed by atoms with Gasteiger partial charge in [-0.05, 0) is 18.1 Å². The van der Waals surface area contributed by atoms with Gasteiger partial charge in [-0.2, -0.15) is 4.39 Å². The zero-order valence-electron chi connectivity index (χ0n) is 11.2. The van der Waals surface area contributed by atoms with E-state index in [-0.39, 0.29) is 24.6 Å². The van der Waals surface area contributed by atoms with E-state index in [2.05, 4.69) is 0 Å². The Morgan fingerprint density at radius 2 is 2.10 bits per heavy atom. The summed E-state index contributed by atoms with van der Waals surface area (Å²) in [7, 11) is 0. The van der Waals surface area contributed by atoms with Gasteiger partial charge in [0.2, 0.25) is 5.82 Å². The van der Waals surface area contributed by atoms with E-state index in [0.717, 1.165) is 18.2 Å². The van der Waals surface area contributed by atoms with Gasteiger partial charge in [-0.1, -0.05) is 6.92 Å². The van der Waals surface area contributed by atoms with Crippen molar-refractivity contribution in [2.75, 3.05) is 13.1 Å². The lowest BCUT2D eigenvalue weighted by Gasteiger charge is -2.15. The highest BCUT2D eigenvalue weighted by Gasteiger charge is 2.37. The fourth-order valence-corrected chi connectivity index (χ4v) is 2.42. The van der Waals surface area contributed by atoms with Crippen LogP contribution in [0.25, 0.3) is 0 Å². The van der Waals surface area contributed by atoms with Gasteiger partial charge in [-0.25, -0.2) is 0 Å². The van der Waals surface area contributed by atoms with Gasteiger partial charge in [0.25, 0.3) is 5.91 Å². The first kappa shape index (κ1) is 14.9. The molecule has 0 radical (unpaired) electrons. The third-order valence-corrected chi connectivity index (χ3v) is 3.61. The van der Waals surface area contributed by atoms with E-state index in [1.54, 1.807) is 6.92 Å². The molecular weight excluding hydrogens is 283 g/mol. The Hall–Kier alpha value is -2.51. The molecule has 2 atom stereocenters. The molecule has 1 aromatic carbocycles. The van der Waals surface area contributed by atoms with Crippen LogP contribution in [0.5, 0.6) is 0 Å². The molecule has 7 nitrogen and oxygen atoms in total. The van der Waals surface area contributed by atoms with Crippen molar-refractivity contribution in [3.8, 4) is 0 Å². The molecule has 1 fully saturated rings. The second-order valence-corrected chi connectivity index (χ2v) is 5.06. The summed E-state index contributed by atoms with van der Waals surface area (Å²) in [4.78, 5) is 34.4. The number of likely N-dealkylation sites (tertiary alicyclic amines) is 1. The standard InChI is InChI=1S/C13H13FN2O5/c1-7-5-15(6-9(7)13(18)19)12(17)8-2-3-10(14)11(4-8)16(20)21/h2-4,7,9H,5-6H2,1H3,(H,18,19). The lowest BCUT2D eigenvalue weighted by atomic mass is 9.99. The van der Waals surface area contributed by atoms with Gasteiger partial charge in [0.1, 0.15) is 0 Å². The van der Waals surface area contributed by atoms with Gasteiger partial charge in [0.15, 0.2) is 0 Å². The van der Waals surface area contributed by atoms with Crippen molar-refractivity contribution in [2.24, 2.45) is 11.8 Å². The predicted octanol–water partition coefficient (Wildman–Crippen LogP) is 1.53. The third-order valence-electron chi connectivity index (χ3n) is 3.61. The molecule has 1 aliphatic heterocycles. The van der Waals surface area contributed by atoms with Crippen LogP contribution in [0, 0.1) is 27.8 Å². The van der Waals surface area contributed by atoms with Crippen molar-refractivity contribution in [3.05, 3.63) is 39.7 Å². The fraction of sp³-hybridized carbons (Fsp3) is 0.385. The molecule has 1 aliphatic rings. The normalized spacial score (nSPS) is 21.3. The molecule has 2 unspecified atom stereocenters. The number of nitrogens with zero attached hydrogens (tertiary/aromatic N) is 2. The number of halogens is 1. The second kappa shape index (κ2) is 5.47. The monoisotopic (exact) mass is 296 g/mol. The van der Waals surface area contributed by atoms with Crippen molar-refractivity contribution >= 4 is 17.6 Å². The summed E-state index contributed by atoms with van der Waals surface area (Å²) >= 11 is 0. The third kappa shape index (κ3) is 2.83. The van der Waals surface area contributed by atoms with Crippen LogP contribution in [0.3, 0.4) is 0 Å². The van der Waals surface area contributed by atoms with E-state index in [1.165, 1.54) is 4.90 Å². The molecule has 8 heteroatoms. The topological polar surface area (TPSA) is 101 Å². The Morgan fingerprint density at radius 3 is 2.62 bits per heavy atom. The molecule has 2 rings (SSSR count). The first-order valence-corrected chi connectivity index (χ1v) is 6.27. The molecule has 21 heavy (non-hydrogen) atoms. The Bertz CT molecular complexity index is 619. The number of rotatable bonds is 3. The number of amides is 1. The molecule has 1 N–H and O–H groups in total.